The highest BCUT2D eigenvalue weighted by Crippen LogP contribution is 2.23. The molecule has 0 spiro atoms. The van der Waals surface area contributed by atoms with Crippen LogP contribution in [-0.4, -0.2) is 18.0 Å². The van der Waals surface area contributed by atoms with Gasteiger partial charge in [-0.1, -0.05) is 12.1 Å². The first kappa shape index (κ1) is 12.1. The van der Waals surface area contributed by atoms with Crippen LogP contribution in [0.1, 0.15) is 15.9 Å². The smallest absolute Gasteiger partial charge is 0.196 e. The Balaban J connectivity index is 2.44. The number of aromatic hydroxyl groups is 1. The molecule has 2 aromatic rings. The summed E-state index contributed by atoms with van der Waals surface area (Å²) in [6.07, 6.45) is 0. The molecular formula is C14H11FO3. The number of hydrogen-bond donors (Lipinski definition) is 1. The third-order valence-corrected chi connectivity index (χ3v) is 2.54. The number of methoxy groups -OCH3 is 1. The van der Waals surface area contributed by atoms with Crippen LogP contribution in [0.15, 0.2) is 42.5 Å². The minimum absolute atomic E-state index is 0.0664. The molecule has 0 aliphatic heterocycles. The van der Waals surface area contributed by atoms with Crippen LogP contribution in [0.3, 0.4) is 0 Å². The van der Waals surface area contributed by atoms with E-state index >= 15 is 0 Å². The van der Waals surface area contributed by atoms with Crippen LogP contribution in [-0.2, 0) is 0 Å². The van der Waals surface area contributed by atoms with Crippen LogP contribution in [0.5, 0.6) is 11.5 Å². The van der Waals surface area contributed by atoms with Crippen molar-refractivity contribution in [1.29, 1.82) is 0 Å². The van der Waals surface area contributed by atoms with Crippen molar-refractivity contribution in [2.75, 3.05) is 7.11 Å². The fourth-order valence-corrected chi connectivity index (χ4v) is 1.61. The van der Waals surface area contributed by atoms with Crippen molar-refractivity contribution >= 4 is 5.78 Å². The van der Waals surface area contributed by atoms with E-state index in [0.29, 0.717) is 11.3 Å². The van der Waals surface area contributed by atoms with Crippen LogP contribution in [0.4, 0.5) is 4.39 Å². The number of ketones is 1. The summed E-state index contributed by atoms with van der Waals surface area (Å²) in [7, 11) is 1.49. The van der Waals surface area contributed by atoms with Crippen molar-refractivity contribution in [3.63, 3.8) is 0 Å². The molecular weight excluding hydrogens is 235 g/mol. The van der Waals surface area contributed by atoms with Gasteiger partial charge in [-0.15, -0.1) is 0 Å². The van der Waals surface area contributed by atoms with Gasteiger partial charge >= 0.3 is 0 Å². The van der Waals surface area contributed by atoms with Gasteiger partial charge in [0.15, 0.2) is 5.78 Å². The first-order valence-electron chi connectivity index (χ1n) is 5.29. The third kappa shape index (κ3) is 2.32. The largest absolute Gasteiger partial charge is 0.507 e. The highest BCUT2D eigenvalue weighted by molar-refractivity contribution is 6.10. The molecule has 2 aromatic carbocycles. The van der Waals surface area contributed by atoms with E-state index in [2.05, 4.69) is 0 Å². The Morgan fingerprint density at radius 2 is 2.00 bits per heavy atom. The zero-order chi connectivity index (χ0) is 13.1. The highest BCUT2D eigenvalue weighted by atomic mass is 19.1. The SMILES string of the molecule is COc1cccc(C(=O)c2cc(F)ccc2O)c1. The van der Waals surface area contributed by atoms with Crippen molar-refractivity contribution in [1.82, 2.24) is 0 Å². The quantitative estimate of drug-likeness (QED) is 0.847. The maximum Gasteiger partial charge on any atom is 0.196 e. The van der Waals surface area contributed by atoms with Crippen molar-refractivity contribution in [3.05, 3.63) is 59.4 Å². The lowest BCUT2D eigenvalue weighted by molar-refractivity contribution is 0.103. The zero-order valence-electron chi connectivity index (χ0n) is 9.68. The summed E-state index contributed by atoms with van der Waals surface area (Å²) in [6.45, 7) is 0. The first-order chi connectivity index (χ1) is 8.61. The minimum Gasteiger partial charge on any atom is -0.507 e. The first-order valence-corrected chi connectivity index (χ1v) is 5.29. The predicted molar refractivity (Wildman–Crippen MR) is 64.5 cm³/mol. The number of halogens is 1. The molecule has 92 valence electrons. The van der Waals surface area contributed by atoms with Crippen LogP contribution in [0.2, 0.25) is 0 Å². The minimum atomic E-state index is -0.570. The summed E-state index contributed by atoms with van der Waals surface area (Å²) in [6, 6.07) is 9.73. The van der Waals surface area contributed by atoms with E-state index in [-0.39, 0.29) is 11.3 Å². The summed E-state index contributed by atoms with van der Waals surface area (Å²) >= 11 is 0. The normalized spacial score (nSPS) is 10.1. The van der Waals surface area contributed by atoms with Gasteiger partial charge in [0.1, 0.15) is 17.3 Å². The Hall–Kier alpha value is -2.36. The number of phenols is 1. The Bertz CT molecular complexity index is 593. The van der Waals surface area contributed by atoms with E-state index < -0.39 is 11.6 Å². The van der Waals surface area contributed by atoms with E-state index in [4.69, 9.17) is 4.74 Å². The molecule has 0 aliphatic rings. The van der Waals surface area contributed by atoms with Crippen molar-refractivity contribution in [2.45, 2.75) is 0 Å². The topological polar surface area (TPSA) is 46.5 Å². The fraction of sp³-hybridized carbons (Fsp3) is 0.0714. The van der Waals surface area contributed by atoms with E-state index in [1.54, 1.807) is 18.2 Å². The lowest BCUT2D eigenvalue weighted by atomic mass is 10.0. The average molecular weight is 246 g/mol. The molecule has 18 heavy (non-hydrogen) atoms. The second-order valence-electron chi connectivity index (χ2n) is 3.72. The van der Waals surface area contributed by atoms with Crippen LogP contribution >= 0.6 is 0 Å². The second kappa shape index (κ2) is 4.87. The number of hydrogen-bond acceptors (Lipinski definition) is 3. The second-order valence-corrected chi connectivity index (χ2v) is 3.72. The molecule has 3 nitrogen and oxygen atoms in total. The lowest BCUT2D eigenvalue weighted by Gasteiger charge is -2.05. The molecule has 0 radical (unpaired) electrons. The van der Waals surface area contributed by atoms with Crippen molar-refractivity contribution in [2.24, 2.45) is 0 Å². The molecule has 0 heterocycles. The van der Waals surface area contributed by atoms with Crippen LogP contribution < -0.4 is 4.74 Å². The molecule has 0 fully saturated rings. The molecule has 0 aliphatic carbocycles. The Labute approximate surface area is 103 Å². The van der Waals surface area contributed by atoms with E-state index in [1.807, 2.05) is 0 Å². The molecule has 0 amide bonds. The van der Waals surface area contributed by atoms with E-state index in [0.717, 1.165) is 18.2 Å². The number of phenolic OH excluding ortho intramolecular Hbond substituents is 1. The summed E-state index contributed by atoms with van der Waals surface area (Å²) in [5.74, 6) is -0.745. The van der Waals surface area contributed by atoms with Gasteiger partial charge in [-0.25, -0.2) is 4.39 Å². The van der Waals surface area contributed by atoms with Gasteiger partial charge < -0.3 is 9.84 Å². The molecule has 0 unspecified atom stereocenters. The highest BCUT2D eigenvalue weighted by Gasteiger charge is 2.14. The van der Waals surface area contributed by atoms with Gasteiger partial charge in [-0.05, 0) is 30.3 Å². The maximum absolute atomic E-state index is 13.1. The van der Waals surface area contributed by atoms with Gasteiger partial charge in [0, 0.05) is 5.56 Å². The molecule has 2 rings (SSSR count). The Morgan fingerprint density at radius 1 is 1.22 bits per heavy atom. The number of benzene rings is 2. The summed E-state index contributed by atoms with van der Waals surface area (Å²) in [5.41, 5.74) is 0.263. The molecule has 1 N–H and O–H groups in total. The van der Waals surface area contributed by atoms with Gasteiger partial charge in [-0.2, -0.15) is 0 Å². The molecule has 0 saturated heterocycles. The van der Waals surface area contributed by atoms with Crippen LogP contribution in [0.25, 0.3) is 0 Å². The molecule has 4 heteroatoms. The molecule has 0 bridgehead atoms. The van der Waals surface area contributed by atoms with Crippen molar-refractivity contribution in [3.8, 4) is 11.5 Å². The maximum atomic E-state index is 13.1. The van der Waals surface area contributed by atoms with Gasteiger partial charge in [0.25, 0.3) is 0 Å². The standard InChI is InChI=1S/C14H11FO3/c1-18-11-4-2-3-9(7-11)14(17)12-8-10(15)5-6-13(12)16/h2-8,16H,1H3. The summed E-state index contributed by atoms with van der Waals surface area (Å²) < 4.78 is 18.1. The number of ether oxygens (including phenoxy) is 1. The van der Waals surface area contributed by atoms with E-state index in [1.165, 1.54) is 13.2 Å². The summed E-state index contributed by atoms with van der Waals surface area (Å²) in [4.78, 5) is 12.1. The zero-order valence-corrected chi connectivity index (χ0v) is 9.68. The predicted octanol–water partition coefficient (Wildman–Crippen LogP) is 2.77. The number of rotatable bonds is 3. The number of carbonyl (C=O) groups excluding carboxylic acids is 1. The van der Waals surface area contributed by atoms with Gasteiger partial charge in [0.2, 0.25) is 0 Å². The molecule has 0 atom stereocenters. The van der Waals surface area contributed by atoms with Gasteiger partial charge in [-0.3, -0.25) is 4.79 Å². The van der Waals surface area contributed by atoms with Crippen LogP contribution in [0, 0.1) is 5.82 Å². The average Bonchev–Trinajstić information content (AvgIpc) is 2.41. The fourth-order valence-electron chi connectivity index (χ4n) is 1.61. The molecule has 0 saturated carbocycles. The lowest BCUT2D eigenvalue weighted by Crippen LogP contribution is -2.02. The third-order valence-electron chi connectivity index (χ3n) is 2.54. The van der Waals surface area contributed by atoms with Gasteiger partial charge in [0.05, 0.1) is 12.7 Å². The monoisotopic (exact) mass is 246 g/mol. The molecule has 0 aromatic heterocycles. The Kier molecular flexibility index (Phi) is 3.28. The summed E-state index contributed by atoms with van der Waals surface area (Å²) in [5, 5.41) is 9.57. The Morgan fingerprint density at radius 3 is 2.72 bits per heavy atom. The number of carbonyl (C=O) groups is 1. The van der Waals surface area contributed by atoms with E-state index in [9.17, 15) is 14.3 Å². The van der Waals surface area contributed by atoms with Crippen molar-refractivity contribution < 1.29 is 19.0 Å².